The monoisotopic (exact) mass is 332 g/mol. The first kappa shape index (κ1) is 16.2. The summed E-state index contributed by atoms with van der Waals surface area (Å²) in [6.45, 7) is 3.40. The van der Waals surface area contributed by atoms with Crippen molar-refractivity contribution in [2.45, 2.75) is 6.54 Å². The van der Waals surface area contributed by atoms with E-state index in [1.165, 1.54) is 7.11 Å². The standard InChI is InChI=1S/C15H20N6O3/c1-23-13-5-3-12(4-6-13)21-14(16-17-18-21)11-19-7-9-20(10-8-19)15(22)24-2/h3-6H,7-11H2,1-2H3. The van der Waals surface area contributed by atoms with Crippen LogP contribution in [0.15, 0.2) is 24.3 Å². The Hall–Kier alpha value is -2.68. The van der Waals surface area contributed by atoms with Gasteiger partial charge in [0.25, 0.3) is 0 Å². The number of hydrogen-bond acceptors (Lipinski definition) is 7. The quantitative estimate of drug-likeness (QED) is 0.808. The Morgan fingerprint density at radius 2 is 1.83 bits per heavy atom. The third kappa shape index (κ3) is 3.46. The van der Waals surface area contributed by atoms with Crippen molar-refractivity contribution in [1.29, 1.82) is 0 Å². The molecule has 1 amide bonds. The fourth-order valence-electron chi connectivity index (χ4n) is 2.65. The lowest BCUT2D eigenvalue weighted by Gasteiger charge is -2.33. The SMILES string of the molecule is COC(=O)N1CCN(Cc2nnnn2-c2ccc(OC)cc2)CC1. The molecule has 1 fully saturated rings. The number of nitrogens with zero attached hydrogens (tertiary/aromatic N) is 6. The molecule has 0 N–H and O–H groups in total. The molecule has 1 aromatic carbocycles. The molecule has 0 aliphatic carbocycles. The van der Waals surface area contributed by atoms with Crippen LogP contribution >= 0.6 is 0 Å². The van der Waals surface area contributed by atoms with Crippen LogP contribution in [-0.2, 0) is 11.3 Å². The molecular weight excluding hydrogens is 312 g/mol. The molecule has 1 aromatic heterocycles. The zero-order valence-electron chi connectivity index (χ0n) is 13.8. The second kappa shape index (κ2) is 7.26. The summed E-state index contributed by atoms with van der Waals surface area (Å²) in [7, 11) is 3.03. The zero-order valence-corrected chi connectivity index (χ0v) is 13.8. The first-order valence-corrected chi connectivity index (χ1v) is 7.68. The van der Waals surface area contributed by atoms with Gasteiger partial charge in [0.15, 0.2) is 5.82 Å². The predicted molar refractivity (Wildman–Crippen MR) is 85.0 cm³/mol. The van der Waals surface area contributed by atoms with Crippen LogP contribution in [0.2, 0.25) is 0 Å². The molecule has 0 atom stereocenters. The van der Waals surface area contributed by atoms with Crippen LogP contribution in [0.3, 0.4) is 0 Å². The van der Waals surface area contributed by atoms with Crippen molar-refractivity contribution in [2.24, 2.45) is 0 Å². The Labute approximate surface area is 139 Å². The van der Waals surface area contributed by atoms with Gasteiger partial charge in [0.1, 0.15) is 5.75 Å². The maximum Gasteiger partial charge on any atom is 0.409 e. The summed E-state index contributed by atoms with van der Waals surface area (Å²) in [5, 5.41) is 12.0. The van der Waals surface area contributed by atoms with Crippen molar-refractivity contribution in [3.63, 3.8) is 0 Å². The van der Waals surface area contributed by atoms with Crippen LogP contribution in [0.1, 0.15) is 5.82 Å². The third-order valence-corrected chi connectivity index (χ3v) is 4.02. The molecule has 24 heavy (non-hydrogen) atoms. The molecule has 0 unspecified atom stereocenters. The average molecular weight is 332 g/mol. The van der Waals surface area contributed by atoms with E-state index in [9.17, 15) is 4.79 Å². The van der Waals surface area contributed by atoms with Gasteiger partial charge in [-0.1, -0.05) is 0 Å². The van der Waals surface area contributed by atoms with E-state index < -0.39 is 0 Å². The summed E-state index contributed by atoms with van der Waals surface area (Å²) in [6.07, 6.45) is -0.280. The molecule has 0 saturated carbocycles. The summed E-state index contributed by atoms with van der Waals surface area (Å²) in [5.41, 5.74) is 0.879. The molecule has 9 heteroatoms. The van der Waals surface area contributed by atoms with Crippen LogP contribution < -0.4 is 4.74 Å². The number of rotatable bonds is 4. The Morgan fingerprint density at radius 1 is 1.12 bits per heavy atom. The van der Waals surface area contributed by atoms with Crippen molar-refractivity contribution >= 4 is 6.09 Å². The zero-order chi connectivity index (χ0) is 16.9. The minimum absolute atomic E-state index is 0.280. The molecule has 1 aliphatic rings. The summed E-state index contributed by atoms with van der Waals surface area (Å²) in [5.74, 6) is 1.54. The lowest BCUT2D eigenvalue weighted by molar-refractivity contribution is 0.0878. The number of piperazine rings is 1. The topological polar surface area (TPSA) is 85.6 Å². The first-order chi connectivity index (χ1) is 11.7. The highest BCUT2D eigenvalue weighted by atomic mass is 16.5. The first-order valence-electron chi connectivity index (χ1n) is 7.68. The summed E-state index contributed by atoms with van der Waals surface area (Å²) in [6, 6.07) is 7.56. The number of carbonyl (C=O) groups excluding carboxylic acids is 1. The van der Waals surface area contributed by atoms with Crippen LogP contribution in [0.4, 0.5) is 4.79 Å². The van der Waals surface area contributed by atoms with Gasteiger partial charge in [-0.3, -0.25) is 4.90 Å². The van der Waals surface area contributed by atoms with E-state index in [0.717, 1.165) is 30.4 Å². The Balaban J connectivity index is 1.65. The minimum atomic E-state index is -0.280. The van der Waals surface area contributed by atoms with Crippen molar-refractivity contribution in [2.75, 3.05) is 40.4 Å². The Kier molecular flexibility index (Phi) is 4.90. The minimum Gasteiger partial charge on any atom is -0.497 e. The number of tetrazole rings is 1. The van der Waals surface area contributed by atoms with Gasteiger partial charge in [0, 0.05) is 26.2 Å². The molecule has 0 radical (unpaired) electrons. The highest BCUT2D eigenvalue weighted by molar-refractivity contribution is 5.67. The lowest BCUT2D eigenvalue weighted by atomic mass is 10.3. The number of amides is 1. The lowest BCUT2D eigenvalue weighted by Crippen LogP contribution is -2.48. The number of carbonyl (C=O) groups is 1. The van der Waals surface area contributed by atoms with Crippen LogP contribution in [0, 0.1) is 0 Å². The normalized spacial score (nSPS) is 15.3. The summed E-state index contributed by atoms with van der Waals surface area (Å²) in [4.78, 5) is 15.4. The maximum atomic E-state index is 11.5. The third-order valence-electron chi connectivity index (χ3n) is 4.02. The van der Waals surface area contributed by atoms with Crippen molar-refractivity contribution in [3.8, 4) is 11.4 Å². The molecule has 1 aliphatic heterocycles. The van der Waals surface area contributed by atoms with Crippen molar-refractivity contribution < 1.29 is 14.3 Å². The van der Waals surface area contributed by atoms with E-state index in [1.807, 2.05) is 24.3 Å². The largest absolute Gasteiger partial charge is 0.497 e. The molecule has 0 spiro atoms. The van der Waals surface area contributed by atoms with E-state index in [-0.39, 0.29) is 6.09 Å². The van der Waals surface area contributed by atoms with Gasteiger partial charge in [-0.05, 0) is 34.7 Å². The van der Waals surface area contributed by atoms with Crippen LogP contribution in [0.5, 0.6) is 5.75 Å². The molecule has 2 heterocycles. The Morgan fingerprint density at radius 3 is 2.46 bits per heavy atom. The smallest absolute Gasteiger partial charge is 0.409 e. The van der Waals surface area contributed by atoms with Crippen molar-refractivity contribution in [3.05, 3.63) is 30.1 Å². The summed E-state index contributed by atoms with van der Waals surface area (Å²) < 4.78 is 11.6. The molecule has 1 saturated heterocycles. The second-order valence-corrected chi connectivity index (χ2v) is 5.44. The molecule has 3 rings (SSSR count). The second-order valence-electron chi connectivity index (χ2n) is 5.44. The van der Waals surface area contributed by atoms with Crippen LogP contribution in [0.25, 0.3) is 5.69 Å². The number of benzene rings is 1. The van der Waals surface area contributed by atoms with Gasteiger partial charge in [-0.2, -0.15) is 4.68 Å². The maximum absolute atomic E-state index is 11.5. The van der Waals surface area contributed by atoms with Gasteiger partial charge >= 0.3 is 6.09 Å². The highest BCUT2D eigenvalue weighted by Gasteiger charge is 2.23. The molecule has 0 bridgehead atoms. The van der Waals surface area contributed by atoms with E-state index >= 15 is 0 Å². The number of ether oxygens (including phenoxy) is 2. The molecule has 2 aromatic rings. The fourth-order valence-corrected chi connectivity index (χ4v) is 2.65. The van der Waals surface area contributed by atoms with Gasteiger partial charge in [-0.15, -0.1) is 5.10 Å². The molecule has 9 nitrogen and oxygen atoms in total. The predicted octanol–water partition coefficient (Wildman–Crippen LogP) is 0.555. The van der Waals surface area contributed by atoms with Gasteiger partial charge in [0.05, 0.1) is 26.5 Å². The number of hydrogen-bond donors (Lipinski definition) is 0. The highest BCUT2D eigenvalue weighted by Crippen LogP contribution is 2.16. The van der Waals surface area contributed by atoms with Crippen LogP contribution in [-0.4, -0.2) is 76.5 Å². The number of methoxy groups -OCH3 is 2. The van der Waals surface area contributed by atoms with E-state index in [0.29, 0.717) is 19.6 Å². The molecular formula is C15H20N6O3. The average Bonchev–Trinajstić information content (AvgIpc) is 3.10. The van der Waals surface area contributed by atoms with Gasteiger partial charge in [-0.25, -0.2) is 4.79 Å². The molecule has 128 valence electrons. The fraction of sp³-hybridized carbons (Fsp3) is 0.467. The number of aromatic nitrogens is 4. The van der Waals surface area contributed by atoms with E-state index in [4.69, 9.17) is 9.47 Å². The van der Waals surface area contributed by atoms with E-state index in [1.54, 1.807) is 16.7 Å². The van der Waals surface area contributed by atoms with E-state index in [2.05, 4.69) is 20.4 Å². The van der Waals surface area contributed by atoms with Gasteiger partial charge in [0.2, 0.25) is 0 Å². The summed E-state index contributed by atoms with van der Waals surface area (Å²) >= 11 is 0. The van der Waals surface area contributed by atoms with Gasteiger partial charge < -0.3 is 14.4 Å². The Bertz CT molecular complexity index is 679. The van der Waals surface area contributed by atoms with Crippen molar-refractivity contribution in [1.82, 2.24) is 30.0 Å².